The molecule has 5 heteroatoms. The molecule has 1 saturated heterocycles. The van der Waals surface area contributed by atoms with E-state index in [1.54, 1.807) is 11.1 Å². The molecule has 2 N–H and O–H groups in total. The Bertz CT molecular complexity index is 343. The SMILES string of the molecule is CN(Cc1cn[nH]c1)C(=O)CC1CCCNC1. The Hall–Kier alpha value is -1.36. The molecule has 1 atom stereocenters. The fourth-order valence-corrected chi connectivity index (χ4v) is 2.23. The average molecular weight is 236 g/mol. The standard InChI is InChI=1S/C12H20N4O/c1-16(9-11-7-14-15-8-11)12(17)5-10-3-2-4-13-6-10/h7-8,10,13H,2-6,9H2,1H3,(H,14,15). The number of rotatable bonds is 4. The average Bonchev–Trinajstić information content (AvgIpc) is 2.83. The van der Waals surface area contributed by atoms with Gasteiger partial charge in [0.05, 0.1) is 6.20 Å². The second kappa shape index (κ2) is 5.82. The summed E-state index contributed by atoms with van der Waals surface area (Å²) in [6, 6.07) is 0. The van der Waals surface area contributed by atoms with Crippen molar-refractivity contribution >= 4 is 5.91 Å². The van der Waals surface area contributed by atoms with Crippen molar-refractivity contribution in [2.75, 3.05) is 20.1 Å². The van der Waals surface area contributed by atoms with E-state index < -0.39 is 0 Å². The monoisotopic (exact) mass is 236 g/mol. The second-order valence-electron chi connectivity index (χ2n) is 4.77. The molecule has 5 nitrogen and oxygen atoms in total. The molecule has 1 aromatic heterocycles. The van der Waals surface area contributed by atoms with Gasteiger partial charge in [-0.3, -0.25) is 9.89 Å². The van der Waals surface area contributed by atoms with Crippen LogP contribution in [0.25, 0.3) is 0 Å². The van der Waals surface area contributed by atoms with E-state index in [2.05, 4.69) is 15.5 Å². The summed E-state index contributed by atoms with van der Waals surface area (Å²) in [5.41, 5.74) is 1.04. The van der Waals surface area contributed by atoms with E-state index >= 15 is 0 Å². The Morgan fingerprint density at radius 2 is 2.53 bits per heavy atom. The molecule has 1 aromatic rings. The van der Waals surface area contributed by atoms with Crippen LogP contribution in [0, 0.1) is 5.92 Å². The van der Waals surface area contributed by atoms with E-state index in [-0.39, 0.29) is 5.91 Å². The zero-order valence-corrected chi connectivity index (χ0v) is 10.3. The summed E-state index contributed by atoms with van der Waals surface area (Å²) in [6.45, 7) is 2.70. The highest BCUT2D eigenvalue weighted by atomic mass is 16.2. The molecule has 1 amide bonds. The normalized spacial score (nSPS) is 20.2. The quantitative estimate of drug-likeness (QED) is 0.811. The van der Waals surface area contributed by atoms with Crippen molar-refractivity contribution in [1.82, 2.24) is 20.4 Å². The van der Waals surface area contributed by atoms with Crippen LogP contribution in [0.5, 0.6) is 0 Å². The van der Waals surface area contributed by atoms with Crippen LogP contribution in [-0.4, -0.2) is 41.1 Å². The maximum atomic E-state index is 12.0. The van der Waals surface area contributed by atoms with Crippen LogP contribution in [-0.2, 0) is 11.3 Å². The molecule has 2 rings (SSSR count). The molecule has 0 spiro atoms. The lowest BCUT2D eigenvalue weighted by atomic mass is 9.95. The van der Waals surface area contributed by atoms with Crippen molar-refractivity contribution in [3.8, 4) is 0 Å². The first-order chi connectivity index (χ1) is 8.25. The number of hydrogen-bond donors (Lipinski definition) is 2. The van der Waals surface area contributed by atoms with Gasteiger partial charge in [-0.1, -0.05) is 0 Å². The maximum absolute atomic E-state index is 12.0. The van der Waals surface area contributed by atoms with Gasteiger partial charge in [-0.05, 0) is 31.8 Å². The number of aromatic amines is 1. The fourth-order valence-electron chi connectivity index (χ4n) is 2.23. The summed E-state index contributed by atoms with van der Waals surface area (Å²) in [5.74, 6) is 0.725. The van der Waals surface area contributed by atoms with Crippen LogP contribution < -0.4 is 5.32 Å². The van der Waals surface area contributed by atoms with E-state index in [0.717, 1.165) is 25.1 Å². The Balaban J connectivity index is 1.78. The predicted octanol–water partition coefficient (Wildman–Crippen LogP) is 0.758. The molecule has 1 aliphatic heterocycles. The first kappa shape index (κ1) is 12.1. The van der Waals surface area contributed by atoms with Crippen molar-refractivity contribution in [3.63, 3.8) is 0 Å². The Morgan fingerprint density at radius 1 is 1.65 bits per heavy atom. The fraction of sp³-hybridized carbons (Fsp3) is 0.667. The van der Waals surface area contributed by atoms with Crippen LogP contribution in [0.4, 0.5) is 0 Å². The van der Waals surface area contributed by atoms with Gasteiger partial charge >= 0.3 is 0 Å². The highest BCUT2D eigenvalue weighted by Crippen LogP contribution is 2.15. The molecule has 1 aliphatic rings. The summed E-state index contributed by atoms with van der Waals surface area (Å²) in [7, 11) is 1.85. The third-order valence-electron chi connectivity index (χ3n) is 3.26. The molecule has 2 heterocycles. The molecule has 0 bridgehead atoms. The molecule has 94 valence electrons. The minimum Gasteiger partial charge on any atom is -0.341 e. The summed E-state index contributed by atoms with van der Waals surface area (Å²) in [4.78, 5) is 13.8. The van der Waals surface area contributed by atoms with Gasteiger partial charge in [0.25, 0.3) is 0 Å². The van der Waals surface area contributed by atoms with Gasteiger partial charge in [-0.15, -0.1) is 0 Å². The summed E-state index contributed by atoms with van der Waals surface area (Å²) >= 11 is 0. The number of amides is 1. The Morgan fingerprint density at radius 3 is 3.18 bits per heavy atom. The maximum Gasteiger partial charge on any atom is 0.222 e. The number of nitrogens with zero attached hydrogens (tertiary/aromatic N) is 2. The number of aromatic nitrogens is 2. The zero-order valence-electron chi connectivity index (χ0n) is 10.3. The van der Waals surface area contributed by atoms with Crippen LogP contribution in [0.2, 0.25) is 0 Å². The lowest BCUT2D eigenvalue weighted by molar-refractivity contribution is -0.131. The van der Waals surface area contributed by atoms with Crippen molar-refractivity contribution in [3.05, 3.63) is 18.0 Å². The molecule has 0 radical (unpaired) electrons. The third kappa shape index (κ3) is 3.56. The van der Waals surface area contributed by atoms with Gasteiger partial charge in [-0.2, -0.15) is 5.10 Å². The Kier molecular flexibility index (Phi) is 4.14. The van der Waals surface area contributed by atoms with Gasteiger partial charge in [0.2, 0.25) is 5.91 Å². The van der Waals surface area contributed by atoms with E-state index in [0.29, 0.717) is 18.9 Å². The molecule has 1 fully saturated rings. The summed E-state index contributed by atoms with van der Waals surface area (Å²) in [6.07, 6.45) is 6.58. The van der Waals surface area contributed by atoms with Crippen molar-refractivity contribution in [1.29, 1.82) is 0 Å². The number of hydrogen-bond acceptors (Lipinski definition) is 3. The smallest absolute Gasteiger partial charge is 0.222 e. The van der Waals surface area contributed by atoms with Gasteiger partial charge in [-0.25, -0.2) is 0 Å². The number of piperidine rings is 1. The summed E-state index contributed by atoms with van der Waals surface area (Å²) < 4.78 is 0. The molecule has 0 saturated carbocycles. The highest BCUT2D eigenvalue weighted by Gasteiger charge is 2.19. The molecule has 1 unspecified atom stereocenters. The van der Waals surface area contributed by atoms with Gasteiger partial charge in [0.1, 0.15) is 0 Å². The lowest BCUT2D eigenvalue weighted by Gasteiger charge is -2.24. The number of nitrogens with one attached hydrogen (secondary N) is 2. The topological polar surface area (TPSA) is 61.0 Å². The van der Waals surface area contributed by atoms with Gasteiger partial charge in [0, 0.05) is 31.8 Å². The van der Waals surface area contributed by atoms with Crippen molar-refractivity contribution < 1.29 is 4.79 Å². The minimum absolute atomic E-state index is 0.222. The van der Waals surface area contributed by atoms with Crippen molar-refractivity contribution in [2.45, 2.75) is 25.8 Å². The van der Waals surface area contributed by atoms with Gasteiger partial charge in [0.15, 0.2) is 0 Å². The van der Waals surface area contributed by atoms with Crippen LogP contribution in [0.15, 0.2) is 12.4 Å². The number of carbonyl (C=O) groups excluding carboxylic acids is 1. The largest absolute Gasteiger partial charge is 0.341 e. The predicted molar refractivity (Wildman–Crippen MR) is 65.3 cm³/mol. The van der Waals surface area contributed by atoms with Crippen LogP contribution >= 0.6 is 0 Å². The van der Waals surface area contributed by atoms with Crippen molar-refractivity contribution in [2.24, 2.45) is 5.92 Å². The van der Waals surface area contributed by atoms with Gasteiger partial charge < -0.3 is 10.2 Å². The van der Waals surface area contributed by atoms with E-state index in [4.69, 9.17) is 0 Å². The first-order valence-corrected chi connectivity index (χ1v) is 6.18. The molecule has 17 heavy (non-hydrogen) atoms. The number of carbonyl (C=O) groups is 1. The van der Waals surface area contributed by atoms with E-state index in [1.165, 1.54) is 6.42 Å². The molecule has 0 aromatic carbocycles. The number of H-pyrrole nitrogens is 1. The molecular formula is C12H20N4O. The molecular weight excluding hydrogens is 216 g/mol. The first-order valence-electron chi connectivity index (χ1n) is 6.18. The highest BCUT2D eigenvalue weighted by molar-refractivity contribution is 5.76. The van der Waals surface area contributed by atoms with E-state index in [9.17, 15) is 4.79 Å². The lowest BCUT2D eigenvalue weighted by Crippen LogP contribution is -2.34. The Labute approximate surface area is 102 Å². The minimum atomic E-state index is 0.222. The third-order valence-corrected chi connectivity index (χ3v) is 3.26. The molecule has 0 aliphatic carbocycles. The van der Waals surface area contributed by atoms with E-state index in [1.807, 2.05) is 13.2 Å². The van der Waals surface area contributed by atoms with Crippen LogP contribution in [0.3, 0.4) is 0 Å². The van der Waals surface area contributed by atoms with Crippen LogP contribution in [0.1, 0.15) is 24.8 Å². The zero-order chi connectivity index (χ0) is 12.1. The summed E-state index contributed by atoms with van der Waals surface area (Å²) in [5, 5.41) is 9.97. The second-order valence-corrected chi connectivity index (χ2v) is 4.77.